The average Bonchev–Trinajstić information content (AvgIpc) is 3.20. The molecule has 0 saturated carbocycles. The fraction of sp³-hybridized carbons (Fsp3) is 0.345. The minimum atomic E-state index is -0.639. The van der Waals surface area contributed by atoms with Crippen LogP contribution in [0.3, 0.4) is 0 Å². The summed E-state index contributed by atoms with van der Waals surface area (Å²) < 4.78 is 10.4. The van der Waals surface area contributed by atoms with Gasteiger partial charge in [-0.25, -0.2) is 0 Å². The van der Waals surface area contributed by atoms with Gasteiger partial charge in [-0.3, -0.25) is 14.4 Å². The number of rotatable bonds is 13. The Morgan fingerprint density at radius 1 is 1.11 bits per heavy atom. The first-order valence-corrected chi connectivity index (χ1v) is 12.5. The van der Waals surface area contributed by atoms with E-state index in [-0.39, 0.29) is 11.8 Å². The van der Waals surface area contributed by atoms with E-state index in [1.807, 2.05) is 61.5 Å². The van der Waals surface area contributed by atoms with Gasteiger partial charge in [0.25, 0.3) is 5.91 Å². The highest BCUT2D eigenvalue weighted by molar-refractivity contribution is 6.27. The first-order valence-electron chi connectivity index (χ1n) is 12.5. The molecule has 3 aromatic rings. The number of anilines is 2. The van der Waals surface area contributed by atoms with Crippen LogP contribution in [0.4, 0.5) is 11.4 Å². The van der Waals surface area contributed by atoms with Crippen molar-refractivity contribution in [1.82, 2.24) is 4.90 Å². The summed E-state index contributed by atoms with van der Waals surface area (Å²) in [5.41, 5.74) is 2.98. The topological polar surface area (TPSA) is 88.2 Å². The van der Waals surface area contributed by atoms with Gasteiger partial charge in [0, 0.05) is 48.8 Å². The molecule has 0 bridgehead atoms. The Bertz CT molecular complexity index is 1270. The SMILES string of the molecule is CCCC(C(=O)Nc1ccc2c3c(cccc13)C(=O)N2CCCOC)N(C=O)Cc1ccc(OC)cc1. The van der Waals surface area contributed by atoms with Gasteiger partial charge in [-0.05, 0) is 48.7 Å². The van der Waals surface area contributed by atoms with E-state index in [1.54, 1.807) is 19.1 Å². The molecule has 1 heterocycles. The lowest BCUT2D eigenvalue weighted by molar-refractivity contribution is -0.130. The summed E-state index contributed by atoms with van der Waals surface area (Å²) in [5, 5.41) is 4.68. The number of nitrogens with zero attached hydrogens (tertiary/aromatic N) is 2. The van der Waals surface area contributed by atoms with E-state index in [4.69, 9.17) is 9.47 Å². The summed E-state index contributed by atoms with van der Waals surface area (Å²) >= 11 is 0. The predicted octanol–water partition coefficient (Wildman–Crippen LogP) is 4.61. The molecule has 3 aromatic carbocycles. The number of hydrogen-bond donors (Lipinski definition) is 1. The Hall–Kier alpha value is -3.91. The minimum absolute atomic E-state index is 0.0457. The van der Waals surface area contributed by atoms with E-state index in [2.05, 4.69) is 5.32 Å². The van der Waals surface area contributed by atoms with E-state index in [1.165, 1.54) is 4.90 Å². The molecule has 37 heavy (non-hydrogen) atoms. The van der Waals surface area contributed by atoms with Crippen LogP contribution in [0.2, 0.25) is 0 Å². The van der Waals surface area contributed by atoms with Gasteiger partial charge in [0.05, 0.1) is 12.8 Å². The van der Waals surface area contributed by atoms with Crippen molar-refractivity contribution >= 4 is 40.4 Å². The van der Waals surface area contributed by atoms with Gasteiger partial charge in [-0.15, -0.1) is 0 Å². The molecule has 0 fully saturated rings. The lowest BCUT2D eigenvalue weighted by Crippen LogP contribution is -2.43. The maximum absolute atomic E-state index is 13.5. The van der Waals surface area contributed by atoms with Gasteiger partial charge in [0.15, 0.2) is 0 Å². The van der Waals surface area contributed by atoms with E-state index in [9.17, 15) is 14.4 Å². The zero-order valence-corrected chi connectivity index (χ0v) is 21.5. The van der Waals surface area contributed by atoms with E-state index in [0.717, 1.165) is 47.0 Å². The highest BCUT2D eigenvalue weighted by atomic mass is 16.5. The molecule has 1 unspecified atom stereocenters. The number of methoxy groups -OCH3 is 2. The fourth-order valence-corrected chi connectivity index (χ4v) is 4.84. The Morgan fingerprint density at radius 3 is 2.57 bits per heavy atom. The predicted molar refractivity (Wildman–Crippen MR) is 144 cm³/mol. The summed E-state index contributed by atoms with van der Waals surface area (Å²) in [5.74, 6) is 0.423. The monoisotopic (exact) mass is 503 g/mol. The van der Waals surface area contributed by atoms with Gasteiger partial charge < -0.3 is 24.6 Å². The molecule has 1 N–H and O–H groups in total. The van der Waals surface area contributed by atoms with Crippen molar-refractivity contribution < 1.29 is 23.9 Å². The number of carbonyl (C=O) groups is 3. The van der Waals surface area contributed by atoms with Crippen LogP contribution >= 0.6 is 0 Å². The number of hydrogen-bond acceptors (Lipinski definition) is 5. The molecule has 0 aromatic heterocycles. The molecule has 1 atom stereocenters. The minimum Gasteiger partial charge on any atom is -0.497 e. The fourth-order valence-electron chi connectivity index (χ4n) is 4.84. The molecular weight excluding hydrogens is 470 g/mol. The zero-order chi connectivity index (χ0) is 26.4. The summed E-state index contributed by atoms with van der Waals surface area (Å²) in [6.07, 6.45) is 2.71. The van der Waals surface area contributed by atoms with Crippen molar-refractivity contribution in [2.75, 3.05) is 37.6 Å². The second kappa shape index (κ2) is 11.9. The summed E-state index contributed by atoms with van der Waals surface area (Å²) in [7, 11) is 3.24. The third kappa shape index (κ3) is 5.44. The van der Waals surface area contributed by atoms with Gasteiger partial charge >= 0.3 is 0 Å². The Kier molecular flexibility index (Phi) is 8.40. The van der Waals surface area contributed by atoms with Crippen LogP contribution in [0.25, 0.3) is 10.8 Å². The molecular formula is C29H33N3O5. The standard InChI is InChI=1S/C29H33N3O5/c1-4-7-26(31(19-33)18-20-10-12-21(37-3)13-11-20)28(34)30-24-14-15-25-27-22(24)8-5-9-23(27)29(35)32(25)16-6-17-36-2/h5,8-15,19,26H,4,6-7,16-18H2,1-3H3,(H,30,34). The summed E-state index contributed by atoms with van der Waals surface area (Å²) in [4.78, 5) is 42.0. The number of ether oxygens (including phenoxy) is 2. The molecule has 0 radical (unpaired) electrons. The largest absolute Gasteiger partial charge is 0.497 e. The quantitative estimate of drug-likeness (QED) is 0.272. The maximum atomic E-state index is 13.5. The summed E-state index contributed by atoms with van der Waals surface area (Å²) in [6, 6.07) is 16.1. The van der Waals surface area contributed by atoms with Crippen LogP contribution < -0.4 is 15.0 Å². The molecule has 1 aliphatic heterocycles. The molecule has 4 rings (SSSR count). The van der Waals surface area contributed by atoms with Crippen molar-refractivity contribution in [2.24, 2.45) is 0 Å². The van der Waals surface area contributed by atoms with Crippen LogP contribution in [-0.2, 0) is 20.9 Å². The second-order valence-electron chi connectivity index (χ2n) is 9.08. The summed E-state index contributed by atoms with van der Waals surface area (Å²) in [6.45, 7) is 3.42. The maximum Gasteiger partial charge on any atom is 0.258 e. The molecule has 3 amide bonds. The van der Waals surface area contributed by atoms with Crippen molar-refractivity contribution in [3.63, 3.8) is 0 Å². The molecule has 1 aliphatic rings. The first kappa shape index (κ1) is 26.2. The van der Waals surface area contributed by atoms with Crippen molar-refractivity contribution in [3.8, 4) is 5.75 Å². The number of carbonyl (C=O) groups excluding carboxylic acids is 3. The molecule has 8 nitrogen and oxygen atoms in total. The lowest BCUT2D eigenvalue weighted by atomic mass is 10.0. The van der Waals surface area contributed by atoms with Crippen molar-refractivity contribution in [3.05, 3.63) is 65.7 Å². The van der Waals surface area contributed by atoms with Gasteiger partial charge in [-0.2, -0.15) is 0 Å². The molecule has 0 saturated heterocycles. The van der Waals surface area contributed by atoms with Crippen LogP contribution in [0.1, 0.15) is 42.1 Å². The molecule has 0 spiro atoms. The second-order valence-corrected chi connectivity index (χ2v) is 9.08. The smallest absolute Gasteiger partial charge is 0.258 e. The Labute approximate surface area is 217 Å². The molecule has 194 valence electrons. The average molecular weight is 504 g/mol. The van der Waals surface area contributed by atoms with Crippen LogP contribution in [-0.4, -0.2) is 56.5 Å². The van der Waals surface area contributed by atoms with Crippen molar-refractivity contribution in [2.45, 2.75) is 38.8 Å². The van der Waals surface area contributed by atoms with E-state index in [0.29, 0.717) is 37.4 Å². The van der Waals surface area contributed by atoms with Crippen LogP contribution in [0.15, 0.2) is 54.6 Å². The van der Waals surface area contributed by atoms with E-state index < -0.39 is 6.04 Å². The Morgan fingerprint density at radius 2 is 1.89 bits per heavy atom. The number of nitrogens with one attached hydrogen (secondary N) is 1. The Balaban J connectivity index is 1.58. The van der Waals surface area contributed by atoms with E-state index >= 15 is 0 Å². The highest BCUT2D eigenvalue weighted by Crippen LogP contribution is 2.40. The number of amides is 3. The van der Waals surface area contributed by atoms with Crippen molar-refractivity contribution in [1.29, 1.82) is 0 Å². The third-order valence-corrected chi connectivity index (χ3v) is 6.70. The lowest BCUT2D eigenvalue weighted by Gasteiger charge is -2.27. The third-order valence-electron chi connectivity index (χ3n) is 6.70. The van der Waals surface area contributed by atoms with Crippen LogP contribution in [0.5, 0.6) is 5.75 Å². The van der Waals surface area contributed by atoms with Gasteiger partial charge in [-0.1, -0.05) is 37.6 Å². The van der Waals surface area contributed by atoms with Gasteiger partial charge in [0.2, 0.25) is 12.3 Å². The normalized spacial score (nSPS) is 13.1. The number of benzene rings is 3. The highest BCUT2D eigenvalue weighted by Gasteiger charge is 2.31. The zero-order valence-electron chi connectivity index (χ0n) is 21.5. The molecule has 8 heteroatoms. The first-order chi connectivity index (χ1) is 18.0. The van der Waals surface area contributed by atoms with Crippen LogP contribution in [0, 0.1) is 0 Å². The molecule has 0 aliphatic carbocycles. The van der Waals surface area contributed by atoms with Gasteiger partial charge in [0.1, 0.15) is 11.8 Å².